The summed E-state index contributed by atoms with van der Waals surface area (Å²) < 4.78 is 10.2. The third-order valence-corrected chi connectivity index (χ3v) is 6.36. The Morgan fingerprint density at radius 2 is 1.97 bits per heavy atom. The van der Waals surface area contributed by atoms with E-state index in [9.17, 15) is 19.2 Å². The van der Waals surface area contributed by atoms with Crippen LogP contribution in [0.2, 0.25) is 0 Å². The third kappa shape index (κ3) is 6.05. The number of hydrogen-bond acceptors (Lipinski definition) is 7. The van der Waals surface area contributed by atoms with Gasteiger partial charge in [0.25, 0.3) is 5.91 Å². The smallest absolute Gasteiger partial charge is 0.328 e. The molecule has 0 saturated carbocycles. The molecule has 0 spiro atoms. The van der Waals surface area contributed by atoms with E-state index in [1.54, 1.807) is 49.8 Å². The maximum absolute atomic E-state index is 13.4. The van der Waals surface area contributed by atoms with Crippen LogP contribution in [-0.2, 0) is 25.5 Å². The highest BCUT2D eigenvalue weighted by molar-refractivity contribution is 6.01. The van der Waals surface area contributed by atoms with Gasteiger partial charge in [0.15, 0.2) is 0 Å². The number of nitrogens with one attached hydrogen (secondary N) is 4. The molecule has 3 aromatic rings. The van der Waals surface area contributed by atoms with Gasteiger partial charge in [0.1, 0.15) is 23.5 Å². The lowest BCUT2D eigenvalue weighted by molar-refractivity contribution is -0.146. The molecule has 0 unspecified atom stereocenters. The quantitative estimate of drug-likeness (QED) is 0.300. The first-order chi connectivity index (χ1) is 17.9. The van der Waals surface area contributed by atoms with Crippen LogP contribution in [0, 0.1) is 5.92 Å². The molecule has 4 rings (SSSR count). The molecule has 194 valence electrons. The second-order valence-corrected chi connectivity index (χ2v) is 8.79. The number of pyridine rings is 1. The van der Waals surface area contributed by atoms with Crippen molar-refractivity contribution >= 4 is 34.6 Å². The molecule has 3 heterocycles. The highest BCUT2D eigenvalue weighted by Crippen LogP contribution is 2.26. The normalized spacial score (nSPS) is 16.5. The number of carbonyl (C=O) groups is 4. The lowest BCUT2D eigenvalue weighted by Gasteiger charge is -2.23. The summed E-state index contributed by atoms with van der Waals surface area (Å²) in [6, 6.07) is 8.49. The lowest BCUT2D eigenvalue weighted by Crippen LogP contribution is -2.53. The summed E-state index contributed by atoms with van der Waals surface area (Å²) in [5.74, 6) is -1.74. The topological polar surface area (TPSA) is 152 Å². The van der Waals surface area contributed by atoms with Crippen molar-refractivity contribution in [2.75, 3.05) is 20.8 Å². The number of H-pyrrole nitrogens is 1. The number of aromatic amines is 1. The average molecular weight is 508 g/mol. The Morgan fingerprint density at radius 3 is 2.65 bits per heavy atom. The molecule has 4 N–H and O–H groups in total. The van der Waals surface area contributed by atoms with E-state index in [2.05, 4.69) is 25.9 Å². The van der Waals surface area contributed by atoms with E-state index in [0.29, 0.717) is 29.8 Å². The van der Waals surface area contributed by atoms with E-state index < -0.39 is 35.8 Å². The highest BCUT2D eigenvalue weighted by atomic mass is 16.5. The van der Waals surface area contributed by atoms with Gasteiger partial charge in [-0.05, 0) is 42.7 Å². The summed E-state index contributed by atoms with van der Waals surface area (Å²) in [6.45, 7) is 0.514. The molecule has 1 aliphatic rings. The number of aromatic nitrogens is 2. The van der Waals surface area contributed by atoms with Gasteiger partial charge in [-0.3, -0.25) is 19.4 Å². The number of nitrogens with zero attached hydrogens (tertiary/aromatic N) is 1. The maximum Gasteiger partial charge on any atom is 0.328 e. The van der Waals surface area contributed by atoms with E-state index in [0.717, 1.165) is 5.39 Å². The number of ether oxygens (including phenoxy) is 2. The highest BCUT2D eigenvalue weighted by Gasteiger charge is 2.34. The zero-order chi connectivity index (χ0) is 26.4. The lowest BCUT2D eigenvalue weighted by atomic mass is 9.97. The van der Waals surface area contributed by atoms with Crippen LogP contribution in [0.1, 0.15) is 28.9 Å². The van der Waals surface area contributed by atoms with Crippen LogP contribution in [0.4, 0.5) is 0 Å². The van der Waals surface area contributed by atoms with Crippen molar-refractivity contribution in [3.05, 3.63) is 60.0 Å². The Labute approximate surface area is 213 Å². The van der Waals surface area contributed by atoms with Crippen LogP contribution in [0.5, 0.6) is 5.75 Å². The zero-order valence-electron chi connectivity index (χ0n) is 20.6. The molecule has 3 atom stereocenters. The van der Waals surface area contributed by atoms with Crippen molar-refractivity contribution in [2.45, 2.75) is 31.3 Å². The van der Waals surface area contributed by atoms with Crippen molar-refractivity contribution < 1.29 is 28.7 Å². The Hall–Kier alpha value is -4.41. The summed E-state index contributed by atoms with van der Waals surface area (Å²) >= 11 is 0. The van der Waals surface area contributed by atoms with Gasteiger partial charge in [-0.15, -0.1) is 0 Å². The fourth-order valence-corrected chi connectivity index (χ4v) is 4.41. The molecule has 0 radical (unpaired) electrons. The number of methoxy groups -OCH3 is 2. The second kappa shape index (κ2) is 11.5. The zero-order valence-corrected chi connectivity index (χ0v) is 20.6. The minimum Gasteiger partial charge on any atom is -0.496 e. The van der Waals surface area contributed by atoms with Crippen LogP contribution in [0.25, 0.3) is 10.9 Å². The summed E-state index contributed by atoms with van der Waals surface area (Å²) in [5.41, 5.74) is 1.67. The van der Waals surface area contributed by atoms with Gasteiger partial charge in [-0.2, -0.15) is 0 Å². The van der Waals surface area contributed by atoms with Gasteiger partial charge in [0, 0.05) is 42.2 Å². The molecular weight excluding hydrogens is 478 g/mol. The molecule has 0 aliphatic carbocycles. The molecule has 3 amide bonds. The first-order valence-corrected chi connectivity index (χ1v) is 11.9. The van der Waals surface area contributed by atoms with Gasteiger partial charge >= 0.3 is 5.97 Å². The Morgan fingerprint density at radius 1 is 1.14 bits per heavy atom. The van der Waals surface area contributed by atoms with Crippen molar-refractivity contribution in [1.82, 2.24) is 25.9 Å². The number of benzene rings is 1. The Bertz CT molecular complexity index is 1290. The van der Waals surface area contributed by atoms with Crippen molar-refractivity contribution in [3.8, 4) is 5.75 Å². The first-order valence-electron chi connectivity index (χ1n) is 11.9. The van der Waals surface area contributed by atoms with E-state index >= 15 is 0 Å². The van der Waals surface area contributed by atoms with Crippen LogP contribution >= 0.6 is 0 Å². The standard InChI is InChI=1S/C26H29N5O6/c1-36-22-7-3-6-18-17(22)13-20(29-18)25(34)30-19(11-15-5-4-9-27-14-15)24(33)31-21(26(35)37-2)12-16-8-10-28-23(16)32/h3-7,9,13-14,16,19,21,29H,8,10-12H2,1-2H3,(H,28,32)(H,30,34)(H,31,33)/t16-,19-,21-/m0/s1. The van der Waals surface area contributed by atoms with Crippen LogP contribution in [-0.4, -0.2) is 66.5 Å². The minimum atomic E-state index is -1.04. The van der Waals surface area contributed by atoms with E-state index in [1.807, 2.05) is 6.07 Å². The minimum absolute atomic E-state index is 0.0968. The molecule has 11 heteroatoms. The van der Waals surface area contributed by atoms with Crippen LogP contribution < -0.4 is 20.7 Å². The molecule has 1 fully saturated rings. The summed E-state index contributed by atoms with van der Waals surface area (Å²) in [6.07, 6.45) is 3.99. The van der Waals surface area contributed by atoms with E-state index in [4.69, 9.17) is 9.47 Å². The van der Waals surface area contributed by atoms with Crippen molar-refractivity contribution in [1.29, 1.82) is 0 Å². The maximum atomic E-state index is 13.4. The number of rotatable bonds is 10. The molecule has 1 aliphatic heterocycles. The largest absolute Gasteiger partial charge is 0.496 e. The number of hydrogen-bond donors (Lipinski definition) is 4. The van der Waals surface area contributed by atoms with Gasteiger partial charge in [0.2, 0.25) is 11.8 Å². The van der Waals surface area contributed by atoms with Crippen molar-refractivity contribution in [3.63, 3.8) is 0 Å². The molecule has 1 aromatic carbocycles. The van der Waals surface area contributed by atoms with Crippen LogP contribution in [0.3, 0.4) is 0 Å². The van der Waals surface area contributed by atoms with E-state index in [-0.39, 0.29) is 24.4 Å². The summed E-state index contributed by atoms with van der Waals surface area (Å²) in [5, 5.41) is 8.89. The predicted octanol–water partition coefficient (Wildman–Crippen LogP) is 1.10. The number of fused-ring (bicyclic) bond motifs is 1. The fraction of sp³-hybridized carbons (Fsp3) is 0.346. The Kier molecular flexibility index (Phi) is 8.02. The first kappa shape index (κ1) is 25.7. The number of carbonyl (C=O) groups excluding carboxylic acids is 4. The molecule has 2 aromatic heterocycles. The third-order valence-electron chi connectivity index (χ3n) is 6.36. The Balaban J connectivity index is 1.55. The van der Waals surface area contributed by atoms with E-state index in [1.165, 1.54) is 7.11 Å². The summed E-state index contributed by atoms with van der Waals surface area (Å²) in [4.78, 5) is 58.2. The van der Waals surface area contributed by atoms with Crippen LogP contribution in [0.15, 0.2) is 48.8 Å². The summed E-state index contributed by atoms with van der Waals surface area (Å²) in [7, 11) is 2.76. The van der Waals surface area contributed by atoms with Gasteiger partial charge in [-0.25, -0.2) is 4.79 Å². The van der Waals surface area contributed by atoms with Gasteiger partial charge in [-0.1, -0.05) is 12.1 Å². The number of amides is 3. The molecule has 11 nitrogen and oxygen atoms in total. The predicted molar refractivity (Wildman–Crippen MR) is 134 cm³/mol. The van der Waals surface area contributed by atoms with Gasteiger partial charge in [0.05, 0.1) is 14.2 Å². The van der Waals surface area contributed by atoms with Crippen molar-refractivity contribution in [2.24, 2.45) is 5.92 Å². The molecular formula is C26H29N5O6. The monoisotopic (exact) mass is 507 g/mol. The second-order valence-electron chi connectivity index (χ2n) is 8.79. The average Bonchev–Trinajstić information content (AvgIpc) is 3.53. The number of esters is 1. The molecule has 1 saturated heterocycles. The fourth-order valence-electron chi connectivity index (χ4n) is 4.41. The molecule has 37 heavy (non-hydrogen) atoms. The van der Waals surface area contributed by atoms with Gasteiger partial charge < -0.3 is 30.4 Å². The SMILES string of the molecule is COC(=O)[C@H](C[C@@H]1CCNC1=O)NC(=O)[C@H](Cc1cccnc1)NC(=O)c1cc2c(OC)cccc2[nH]1. The molecule has 0 bridgehead atoms.